The molecule has 7 nitrogen and oxygen atoms in total. The summed E-state index contributed by atoms with van der Waals surface area (Å²) in [5.41, 5.74) is 1.42. The van der Waals surface area contributed by atoms with Crippen molar-refractivity contribution in [3.8, 4) is 0 Å². The molecule has 8 heteroatoms. The lowest BCUT2D eigenvalue weighted by molar-refractivity contribution is 0.363. The van der Waals surface area contributed by atoms with E-state index < -0.39 is 10.0 Å². The first kappa shape index (κ1) is 14.1. The van der Waals surface area contributed by atoms with Crippen LogP contribution in [0.2, 0.25) is 0 Å². The standard InChI is InChI=1S/C9H19N5O2S/c1-5-10-6-8-7(2)11-12-9(8)17(15,16)13-14(3)4/h10,13H,5-6H2,1-4H3,(H,11,12). The van der Waals surface area contributed by atoms with Gasteiger partial charge in [0.25, 0.3) is 10.0 Å². The fraction of sp³-hybridized carbons (Fsp3) is 0.667. The number of H-pyrrole nitrogens is 1. The van der Waals surface area contributed by atoms with E-state index in [4.69, 9.17) is 0 Å². The summed E-state index contributed by atoms with van der Waals surface area (Å²) >= 11 is 0. The van der Waals surface area contributed by atoms with Gasteiger partial charge in [0.1, 0.15) is 0 Å². The number of hydrazine groups is 1. The van der Waals surface area contributed by atoms with Gasteiger partial charge in [-0.2, -0.15) is 5.10 Å². The maximum absolute atomic E-state index is 12.0. The van der Waals surface area contributed by atoms with Crippen LogP contribution in [0.25, 0.3) is 0 Å². The molecule has 0 amide bonds. The first-order valence-corrected chi connectivity index (χ1v) is 6.81. The molecule has 17 heavy (non-hydrogen) atoms. The van der Waals surface area contributed by atoms with Gasteiger partial charge in [0.15, 0.2) is 5.03 Å². The first-order chi connectivity index (χ1) is 7.88. The number of hydrogen-bond donors (Lipinski definition) is 3. The molecule has 1 aromatic rings. The van der Waals surface area contributed by atoms with Crippen molar-refractivity contribution >= 4 is 10.0 Å². The van der Waals surface area contributed by atoms with Gasteiger partial charge in [-0.15, -0.1) is 4.83 Å². The average Bonchev–Trinajstić information content (AvgIpc) is 2.55. The lowest BCUT2D eigenvalue weighted by Gasteiger charge is -2.12. The lowest BCUT2D eigenvalue weighted by atomic mass is 10.2. The minimum Gasteiger partial charge on any atom is -0.313 e. The molecular formula is C9H19N5O2S. The second kappa shape index (κ2) is 5.58. The maximum Gasteiger partial charge on any atom is 0.273 e. The fourth-order valence-electron chi connectivity index (χ4n) is 1.39. The van der Waals surface area contributed by atoms with Crippen molar-refractivity contribution in [1.82, 2.24) is 25.4 Å². The second-order valence-corrected chi connectivity index (χ2v) is 5.48. The van der Waals surface area contributed by atoms with Crippen LogP contribution in [-0.4, -0.2) is 44.3 Å². The van der Waals surface area contributed by atoms with Crippen LogP contribution in [0, 0.1) is 6.92 Å². The molecule has 0 bridgehead atoms. The SMILES string of the molecule is CCNCc1c(S(=O)(=O)NN(C)C)n[nH]c1C. The molecule has 0 aliphatic rings. The summed E-state index contributed by atoms with van der Waals surface area (Å²) < 4.78 is 24.0. The normalized spacial score (nSPS) is 12.3. The van der Waals surface area contributed by atoms with Crippen molar-refractivity contribution in [3.05, 3.63) is 11.3 Å². The number of sulfonamides is 1. The third-order valence-electron chi connectivity index (χ3n) is 2.15. The molecule has 0 spiro atoms. The maximum atomic E-state index is 12.0. The zero-order chi connectivity index (χ0) is 13.1. The molecule has 0 unspecified atom stereocenters. The highest BCUT2D eigenvalue weighted by molar-refractivity contribution is 7.89. The quantitative estimate of drug-likeness (QED) is 0.605. The third kappa shape index (κ3) is 3.50. The number of nitrogens with one attached hydrogen (secondary N) is 3. The summed E-state index contributed by atoms with van der Waals surface area (Å²) in [4.78, 5) is 2.36. The Bertz CT molecular complexity index is 466. The molecular weight excluding hydrogens is 242 g/mol. The Morgan fingerprint density at radius 1 is 1.41 bits per heavy atom. The molecule has 0 saturated carbocycles. The number of aromatic amines is 1. The van der Waals surface area contributed by atoms with Gasteiger partial charge < -0.3 is 5.32 Å². The fourth-order valence-corrected chi connectivity index (χ4v) is 2.68. The van der Waals surface area contributed by atoms with Gasteiger partial charge in [0.2, 0.25) is 0 Å². The van der Waals surface area contributed by atoms with E-state index in [1.807, 2.05) is 6.92 Å². The molecule has 0 saturated heterocycles. The summed E-state index contributed by atoms with van der Waals surface area (Å²) in [5, 5.41) is 11.1. The van der Waals surface area contributed by atoms with E-state index in [1.165, 1.54) is 5.01 Å². The van der Waals surface area contributed by atoms with Crippen molar-refractivity contribution in [1.29, 1.82) is 0 Å². The third-order valence-corrected chi connectivity index (χ3v) is 3.60. The Morgan fingerprint density at radius 2 is 2.06 bits per heavy atom. The van der Waals surface area contributed by atoms with Crippen molar-refractivity contribution < 1.29 is 8.42 Å². The van der Waals surface area contributed by atoms with Crippen LogP contribution >= 0.6 is 0 Å². The summed E-state index contributed by atoms with van der Waals surface area (Å²) in [6.45, 7) is 5.00. The van der Waals surface area contributed by atoms with E-state index in [9.17, 15) is 8.42 Å². The molecule has 0 aliphatic carbocycles. The second-order valence-electron chi connectivity index (χ2n) is 3.90. The smallest absolute Gasteiger partial charge is 0.273 e. The largest absolute Gasteiger partial charge is 0.313 e. The van der Waals surface area contributed by atoms with Gasteiger partial charge in [-0.3, -0.25) is 5.10 Å². The van der Waals surface area contributed by atoms with Crippen LogP contribution in [0.15, 0.2) is 5.03 Å². The summed E-state index contributed by atoms with van der Waals surface area (Å²) in [7, 11) is -0.382. The summed E-state index contributed by atoms with van der Waals surface area (Å²) in [5.74, 6) is 0. The van der Waals surface area contributed by atoms with Crippen LogP contribution in [0.5, 0.6) is 0 Å². The average molecular weight is 261 g/mol. The predicted molar refractivity (Wildman–Crippen MR) is 64.7 cm³/mol. The van der Waals surface area contributed by atoms with E-state index in [1.54, 1.807) is 21.0 Å². The Hall–Kier alpha value is -0.960. The molecule has 1 rings (SSSR count). The minimum atomic E-state index is -3.61. The van der Waals surface area contributed by atoms with Crippen LogP contribution in [0.3, 0.4) is 0 Å². The van der Waals surface area contributed by atoms with E-state index in [0.717, 1.165) is 12.2 Å². The van der Waals surface area contributed by atoms with Crippen LogP contribution in [-0.2, 0) is 16.6 Å². The Morgan fingerprint density at radius 3 is 2.59 bits per heavy atom. The monoisotopic (exact) mass is 261 g/mol. The Labute approximate surface area is 102 Å². The number of hydrogen-bond acceptors (Lipinski definition) is 5. The molecule has 0 aromatic carbocycles. The molecule has 1 heterocycles. The predicted octanol–water partition coefficient (Wildman–Crippen LogP) is -0.417. The van der Waals surface area contributed by atoms with Gasteiger partial charge >= 0.3 is 0 Å². The zero-order valence-corrected chi connectivity index (χ0v) is 11.3. The van der Waals surface area contributed by atoms with Crippen molar-refractivity contribution in [2.75, 3.05) is 20.6 Å². The topological polar surface area (TPSA) is 90.1 Å². The zero-order valence-electron chi connectivity index (χ0n) is 10.5. The van der Waals surface area contributed by atoms with Crippen LogP contribution in [0.4, 0.5) is 0 Å². The highest BCUT2D eigenvalue weighted by Crippen LogP contribution is 2.15. The van der Waals surface area contributed by atoms with Gasteiger partial charge in [-0.05, 0) is 13.5 Å². The van der Waals surface area contributed by atoms with E-state index in [2.05, 4.69) is 20.3 Å². The molecule has 0 fully saturated rings. The molecule has 98 valence electrons. The Balaban J connectivity index is 3.05. The van der Waals surface area contributed by atoms with Gasteiger partial charge in [-0.25, -0.2) is 13.4 Å². The first-order valence-electron chi connectivity index (χ1n) is 5.32. The number of rotatable bonds is 6. The van der Waals surface area contributed by atoms with Gasteiger partial charge in [0.05, 0.1) is 0 Å². The van der Waals surface area contributed by atoms with E-state index >= 15 is 0 Å². The Kier molecular flexibility index (Phi) is 4.63. The summed E-state index contributed by atoms with van der Waals surface area (Å²) in [6, 6.07) is 0. The van der Waals surface area contributed by atoms with E-state index in [0.29, 0.717) is 12.1 Å². The van der Waals surface area contributed by atoms with Gasteiger partial charge in [0, 0.05) is 31.9 Å². The molecule has 0 atom stereocenters. The number of aryl methyl sites for hydroxylation is 1. The van der Waals surface area contributed by atoms with Crippen molar-refractivity contribution in [3.63, 3.8) is 0 Å². The highest BCUT2D eigenvalue weighted by atomic mass is 32.2. The summed E-state index contributed by atoms with van der Waals surface area (Å²) in [6.07, 6.45) is 0. The van der Waals surface area contributed by atoms with Crippen LogP contribution in [0.1, 0.15) is 18.2 Å². The van der Waals surface area contributed by atoms with Crippen LogP contribution < -0.4 is 10.1 Å². The van der Waals surface area contributed by atoms with Crippen molar-refractivity contribution in [2.45, 2.75) is 25.4 Å². The van der Waals surface area contributed by atoms with Crippen molar-refractivity contribution in [2.24, 2.45) is 0 Å². The molecule has 3 N–H and O–H groups in total. The lowest BCUT2D eigenvalue weighted by Crippen LogP contribution is -2.37. The van der Waals surface area contributed by atoms with E-state index in [-0.39, 0.29) is 5.03 Å². The molecule has 0 radical (unpaired) electrons. The minimum absolute atomic E-state index is 0.0460. The number of aromatic nitrogens is 2. The molecule has 1 aromatic heterocycles. The van der Waals surface area contributed by atoms with Gasteiger partial charge in [-0.1, -0.05) is 6.92 Å². The molecule has 0 aliphatic heterocycles. The number of nitrogens with zero attached hydrogens (tertiary/aromatic N) is 2. The highest BCUT2D eigenvalue weighted by Gasteiger charge is 2.23.